The number of nitrogens with one attached hydrogen (secondary N) is 1. The van der Waals surface area contributed by atoms with Crippen molar-refractivity contribution in [3.8, 4) is 17.2 Å². The van der Waals surface area contributed by atoms with Crippen molar-refractivity contribution in [2.24, 2.45) is 0 Å². The Bertz CT molecular complexity index is 889. The summed E-state index contributed by atoms with van der Waals surface area (Å²) in [5.74, 6) is -0.0755. The molecule has 0 aliphatic carbocycles. The first-order valence-electron chi connectivity index (χ1n) is 7.00. The van der Waals surface area contributed by atoms with E-state index >= 15 is 0 Å². The maximum Gasteiger partial charge on any atom is 0.258 e. The average Bonchev–Trinajstić information content (AvgIpc) is 3.03. The minimum Gasteiger partial charge on any atom is -0.338 e. The van der Waals surface area contributed by atoms with E-state index in [9.17, 15) is 4.79 Å². The van der Waals surface area contributed by atoms with Crippen LogP contribution in [0.4, 0.5) is 5.88 Å². The highest BCUT2D eigenvalue weighted by Crippen LogP contribution is 2.28. The Kier molecular flexibility index (Phi) is 3.89. The number of amides is 1. The van der Waals surface area contributed by atoms with Gasteiger partial charge < -0.3 is 4.52 Å². The zero-order valence-corrected chi connectivity index (χ0v) is 12.4. The second kappa shape index (κ2) is 6.16. The molecule has 112 valence electrons. The summed E-state index contributed by atoms with van der Waals surface area (Å²) in [5, 5.41) is 15.4. The fourth-order valence-electron chi connectivity index (χ4n) is 2.17. The molecule has 0 spiro atoms. The lowest BCUT2D eigenvalue weighted by molar-refractivity contribution is 0.102. The van der Waals surface area contributed by atoms with E-state index in [2.05, 4.69) is 10.5 Å². The highest BCUT2D eigenvalue weighted by Gasteiger charge is 2.15. The molecule has 0 aliphatic rings. The van der Waals surface area contributed by atoms with Gasteiger partial charge in [0.05, 0.1) is 23.4 Å². The van der Waals surface area contributed by atoms with E-state index in [4.69, 9.17) is 9.78 Å². The number of benzene rings is 2. The largest absolute Gasteiger partial charge is 0.338 e. The van der Waals surface area contributed by atoms with Crippen molar-refractivity contribution in [3.63, 3.8) is 0 Å². The van der Waals surface area contributed by atoms with Crippen LogP contribution in [0.5, 0.6) is 0 Å². The third-order valence-corrected chi connectivity index (χ3v) is 3.41. The Hall–Kier alpha value is -3.39. The molecule has 0 unspecified atom stereocenters. The molecular weight excluding hydrogens is 290 g/mol. The monoisotopic (exact) mass is 303 g/mol. The van der Waals surface area contributed by atoms with Crippen LogP contribution < -0.4 is 5.32 Å². The summed E-state index contributed by atoms with van der Waals surface area (Å²) in [6, 6.07) is 16.3. The Labute approximate surface area is 133 Å². The number of nitrogens with zero attached hydrogens (tertiary/aromatic N) is 2. The summed E-state index contributed by atoms with van der Waals surface area (Å²) in [5.41, 5.74) is 3.56. The van der Waals surface area contributed by atoms with Gasteiger partial charge in [0.1, 0.15) is 0 Å². The predicted octanol–water partition coefficient (Wildman–Crippen LogP) is 3.77. The van der Waals surface area contributed by atoms with E-state index in [1.165, 1.54) is 6.07 Å². The van der Waals surface area contributed by atoms with Gasteiger partial charge in [-0.1, -0.05) is 41.1 Å². The molecule has 0 saturated heterocycles. The van der Waals surface area contributed by atoms with Gasteiger partial charge in [-0.15, -0.1) is 0 Å². The Morgan fingerprint density at radius 1 is 1.22 bits per heavy atom. The van der Waals surface area contributed by atoms with Gasteiger partial charge in [0.25, 0.3) is 5.91 Å². The molecule has 3 rings (SSSR count). The van der Waals surface area contributed by atoms with Crippen LogP contribution >= 0.6 is 0 Å². The van der Waals surface area contributed by atoms with Crippen LogP contribution in [0.15, 0.2) is 59.3 Å². The summed E-state index contributed by atoms with van der Waals surface area (Å²) in [7, 11) is 0. The van der Waals surface area contributed by atoms with E-state index in [0.29, 0.717) is 16.7 Å². The number of carbonyl (C=O) groups excluding carboxylic acids is 1. The number of nitriles is 1. The Morgan fingerprint density at radius 3 is 2.74 bits per heavy atom. The number of carbonyl (C=O) groups is 1. The normalized spacial score (nSPS) is 10.1. The lowest BCUT2D eigenvalue weighted by Gasteiger charge is -2.05. The van der Waals surface area contributed by atoms with Gasteiger partial charge in [0, 0.05) is 5.56 Å². The van der Waals surface area contributed by atoms with Crippen molar-refractivity contribution in [2.75, 3.05) is 5.32 Å². The second-order valence-corrected chi connectivity index (χ2v) is 5.08. The molecule has 0 radical (unpaired) electrons. The molecule has 0 fully saturated rings. The topological polar surface area (TPSA) is 78.9 Å². The van der Waals surface area contributed by atoms with Crippen molar-refractivity contribution >= 4 is 11.8 Å². The van der Waals surface area contributed by atoms with Crippen molar-refractivity contribution in [1.82, 2.24) is 5.16 Å². The lowest BCUT2D eigenvalue weighted by atomic mass is 10.1. The highest BCUT2D eigenvalue weighted by molar-refractivity contribution is 6.05. The number of hydrogen-bond donors (Lipinski definition) is 1. The van der Waals surface area contributed by atoms with Gasteiger partial charge in [-0.3, -0.25) is 10.1 Å². The number of anilines is 1. The Balaban J connectivity index is 1.86. The first-order chi connectivity index (χ1) is 11.2. The van der Waals surface area contributed by atoms with E-state index in [0.717, 1.165) is 11.1 Å². The number of hydrogen-bond acceptors (Lipinski definition) is 4. The molecule has 5 heteroatoms. The summed E-state index contributed by atoms with van der Waals surface area (Å²) < 4.78 is 5.15. The zero-order chi connectivity index (χ0) is 16.2. The molecule has 5 nitrogen and oxygen atoms in total. The van der Waals surface area contributed by atoms with Gasteiger partial charge in [0.2, 0.25) is 5.88 Å². The molecule has 0 atom stereocenters. The van der Waals surface area contributed by atoms with Crippen molar-refractivity contribution < 1.29 is 9.32 Å². The van der Waals surface area contributed by atoms with Gasteiger partial charge in [-0.25, -0.2) is 0 Å². The molecule has 1 N–H and O–H groups in total. The number of aromatic nitrogens is 1. The molecule has 0 aliphatic heterocycles. The first-order valence-corrected chi connectivity index (χ1v) is 7.00. The van der Waals surface area contributed by atoms with Crippen LogP contribution in [0.3, 0.4) is 0 Å². The standard InChI is InChI=1S/C18H13N3O2/c1-12-5-7-14(8-6-12)16-11-20-23-18(16)21-17(22)15-4-2-3-13(9-15)10-19/h2-9,11H,1H3,(H,21,22). The molecule has 1 aromatic heterocycles. The van der Waals surface area contributed by atoms with Crippen LogP contribution in [-0.2, 0) is 0 Å². The molecule has 1 heterocycles. The van der Waals surface area contributed by atoms with Gasteiger partial charge in [-0.05, 0) is 30.7 Å². The Morgan fingerprint density at radius 2 is 2.00 bits per heavy atom. The van der Waals surface area contributed by atoms with Gasteiger partial charge in [-0.2, -0.15) is 5.26 Å². The minimum absolute atomic E-state index is 0.279. The minimum atomic E-state index is -0.354. The summed E-state index contributed by atoms with van der Waals surface area (Å²) >= 11 is 0. The third kappa shape index (κ3) is 3.11. The molecular formula is C18H13N3O2. The van der Waals surface area contributed by atoms with E-state index < -0.39 is 0 Å². The summed E-state index contributed by atoms with van der Waals surface area (Å²) in [6.45, 7) is 2.00. The number of rotatable bonds is 3. The van der Waals surface area contributed by atoms with Crippen LogP contribution in [0.1, 0.15) is 21.5 Å². The fraction of sp³-hybridized carbons (Fsp3) is 0.0556. The summed E-state index contributed by atoms with van der Waals surface area (Å²) in [4.78, 5) is 12.3. The van der Waals surface area contributed by atoms with Crippen molar-refractivity contribution in [1.29, 1.82) is 5.26 Å². The molecule has 3 aromatic rings. The van der Waals surface area contributed by atoms with Gasteiger partial charge in [0.15, 0.2) is 0 Å². The molecule has 0 saturated carbocycles. The smallest absolute Gasteiger partial charge is 0.258 e. The van der Waals surface area contributed by atoms with E-state index in [1.807, 2.05) is 37.3 Å². The SMILES string of the molecule is Cc1ccc(-c2cnoc2NC(=O)c2cccc(C#N)c2)cc1. The predicted molar refractivity (Wildman–Crippen MR) is 85.8 cm³/mol. The second-order valence-electron chi connectivity index (χ2n) is 5.08. The quantitative estimate of drug-likeness (QED) is 0.798. The van der Waals surface area contributed by atoms with Crippen molar-refractivity contribution in [3.05, 3.63) is 71.4 Å². The average molecular weight is 303 g/mol. The van der Waals surface area contributed by atoms with Crippen molar-refractivity contribution in [2.45, 2.75) is 6.92 Å². The van der Waals surface area contributed by atoms with E-state index in [1.54, 1.807) is 24.4 Å². The fourth-order valence-corrected chi connectivity index (χ4v) is 2.17. The zero-order valence-electron chi connectivity index (χ0n) is 12.4. The maximum atomic E-state index is 12.3. The van der Waals surface area contributed by atoms with Crippen LogP contribution in [0.25, 0.3) is 11.1 Å². The van der Waals surface area contributed by atoms with E-state index in [-0.39, 0.29) is 11.8 Å². The van der Waals surface area contributed by atoms with Crippen LogP contribution in [0, 0.1) is 18.3 Å². The molecule has 0 bridgehead atoms. The molecule has 23 heavy (non-hydrogen) atoms. The maximum absolute atomic E-state index is 12.3. The van der Waals surface area contributed by atoms with Crippen LogP contribution in [-0.4, -0.2) is 11.1 Å². The van der Waals surface area contributed by atoms with Crippen LogP contribution in [0.2, 0.25) is 0 Å². The first kappa shape index (κ1) is 14.5. The molecule has 1 amide bonds. The summed E-state index contributed by atoms with van der Waals surface area (Å²) in [6.07, 6.45) is 1.56. The lowest BCUT2D eigenvalue weighted by Crippen LogP contribution is -2.12. The van der Waals surface area contributed by atoms with Gasteiger partial charge >= 0.3 is 0 Å². The number of aryl methyl sites for hydroxylation is 1. The molecule has 2 aromatic carbocycles. The third-order valence-electron chi connectivity index (χ3n) is 3.41. The highest BCUT2D eigenvalue weighted by atomic mass is 16.5.